The maximum atomic E-state index is 13.4. The lowest BCUT2D eigenvalue weighted by atomic mass is 10.1. The summed E-state index contributed by atoms with van der Waals surface area (Å²) in [5.74, 6) is -1.26. The summed E-state index contributed by atoms with van der Waals surface area (Å²) in [6.45, 7) is 5.38. The van der Waals surface area contributed by atoms with Gasteiger partial charge in [-0.1, -0.05) is 26.0 Å². The van der Waals surface area contributed by atoms with E-state index in [1.807, 2.05) is 13.8 Å². The molecule has 2 rings (SSSR count). The van der Waals surface area contributed by atoms with Crippen LogP contribution in [-0.2, 0) is 0 Å². The van der Waals surface area contributed by atoms with Gasteiger partial charge in [-0.3, -0.25) is 0 Å². The fraction of sp³-hybridized carbons (Fsp3) is 0.250. The minimum Gasteiger partial charge on any atom is -0.219 e. The molecule has 0 saturated heterocycles. The third-order valence-electron chi connectivity index (χ3n) is 2.00. The Morgan fingerprint density at radius 3 is 2.33 bits per heavy atom. The summed E-state index contributed by atoms with van der Waals surface area (Å²) in [7, 11) is 0. The number of hydrogen-bond acceptors (Lipinski definition) is 1. The molecule has 0 unspecified atom stereocenters. The van der Waals surface area contributed by atoms with E-state index in [0.717, 1.165) is 0 Å². The van der Waals surface area contributed by atoms with Crippen molar-refractivity contribution in [1.29, 1.82) is 0 Å². The summed E-state index contributed by atoms with van der Waals surface area (Å²) < 4.78 is 26.3. The van der Waals surface area contributed by atoms with Crippen LogP contribution in [-0.4, -0.2) is 4.98 Å². The molecule has 0 N–H and O–H groups in total. The van der Waals surface area contributed by atoms with Gasteiger partial charge in [0.1, 0.15) is 5.82 Å². The zero-order valence-corrected chi connectivity index (χ0v) is 9.01. The lowest BCUT2D eigenvalue weighted by Gasteiger charge is -2.02. The number of benzene rings is 1. The Labute approximate surface area is 87.8 Å². The predicted molar refractivity (Wildman–Crippen MR) is 57.7 cm³/mol. The quantitative estimate of drug-likeness (QED) is 0.600. The molecule has 0 radical (unpaired) electrons. The van der Waals surface area contributed by atoms with Gasteiger partial charge in [-0.2, -0.15) is 4.39 Å². The maximum absolute atomic E-state index is 13.4. The predicted octanol–water partition coefficient (Wildman–Crippen LogP) is 3.85. The summed E-state index contributed by atoms with van der Waals surface area (Å²) in [6.07, 6.45) is 0. The first kappa shape index (κ1) is 11.6. The minimum absolute atomic E-state index is 0.0290. The SMILES string of the molecule is CC.Cc1c(F)nc2ccccc2c1F. The van der Waals surface area contributed by atoms with E-state index in [9.17, 15) is 8.78 Å². The highest BCUT2D eigenvalue weighted by Gasteiger charge is 2.09. The molecular weight excluding hydrogens is 196 g/mol. The van der Waals surface area contributed by atoms with Gasteiger partial charge in [-0.05, 0) is 19.1 Å². The van der Waals surface area contributed by atoms with Gasteiger partial charge in [0.25, 0.3) is 0 Å². The fourth-order valence-corrected chi connectivity index (χ4v) is 1.24. The highest BCUT2D eigenvalue weighted by atomic mass is 19.1. The standard InChI is InChI=1S/C10H7F2N.C2H6/c1-6-9(11)7-4-2-3-5-8(7)13-10(6)12;1-2/h2-5H,1H3;1-2H3. The molecule has 80 valence electrons. The monoisotopic (exact) mass is 209 g/mol. The van der Waals surface area contributed by atoms with Gasteiger partial charge in [0.15, 0.2) is 0 Å². The van der Waals surface area contributed by atoms with Crippen molar-refractivity contribution in [1.82, 2.24) is 4.98 Å². The molecule has 0 fully saturated rings. The van der Waals surface area contributed by atoms with Gasteiger partial charge in [-0.25, -0.2) is 9.37 Å². The van der Waals surface area contributed by atoms with E-state index in [1.54, 1.807) is 24.3 Å². The van der Waals surface area contributed by atoms with Gasteiger partial charge in [0.05, 0.1) is 5.52 Å². The Hall–Kier alpha value is -1.51. The molecule has 0 spiro atoms. The Morgan fingerprint density at radius 1 is 1.07 bits per heavy atom. The number of fused-ring (bicyclic) bond motifs is 1. The Bertz CT molecular complexity index is 466. The number of rotatable bonds is 0. The number of pyridine rings is 1. The van der Waals surface area contributed by atoms with Crippen LogP contribution in [0.15, 0.2) is 24.3 Å². The van der Waals surface area contributed by atoms with Crippen LogP contribution in [0.3, 0.4) is 0 Å². The zero-order valence-electron chi connectivity index (χ0n) is 9.01. The van der Waals surface area contributed by atoms with Crippen LogP contribution in [0.25, 0.3) is 10.9 Å². The van der Waals surface area contributed by atoms with Crippen LogP contribution in [0.2, 0.25) is 0 Å². The van der Waals surface area contributed by atoms with Gasteiger partial charge in [0, 0.05) is 10.9 Å². The van der Waals surface area contributed by atoms with Crippen molar-refractivity contribution in [2.24, 2.45) is 0 Å². The summed E-state index contributed by atoms with van der Waals surface area (Å²) >= 11 is 0. The number of nitrogens with zero attached hydrogens (tertiary/aromatic N) is 1. The smallest absolute Gasteiger partial charge is 0.219 e. The topological polar surface area (TPSA) is 12.9 Å². The van der Waals surface area contributed by atoms with E-state index in [1.165, 1.54) is 6.92 Å². The molecule has 1 nitrogen and oxygen atoms in total. The molecule has 15 heavy (non-hydrogen) atoms. The molecule has 1 aromatic carbocycles. The fourth-order valence-electron chi connectivity index (χ4n) is 1.24. The second kappa shape index (κ2) is 4.82. The van der Waals surface area contributed by atoms with Crippen molar-refractivity contribution < 1.29 is 8.78 Å². The first-order valence-corrected chi connectivity index (χ1v) is 4.90. The van der Waals surface area contributed by atoms with Gasteiger partial charge in [-0.15, -0.1) is 0 Å². The maximum Gasteiger partial charge on any atom is 0.219 e. The van der Waals surface area contributed by atoms with Crippen molar-refractivity contribution in [3.05, 3.63) is 41.6 Å². The summed E-state index contributed by atoms with van der Waals surface area (Å²) in [5.41, 5.74) is 0.321. The average molecular weight is 209 g/mol. The van der Waals surface area contributed by atoms with Crippen molar-refractivity contribution in [3.8, 4) is 0 Å². The summed E-state index contributed by atoms with van der Waals surface area (Å²) in [5, 5.41) is 0.362. The molecule has 2 aromatic rings. The molecule has 0 saturated carbocycles. The van der Waals surface area contributed by atoms with Crippen molar-refractivity contribution >= 4 is 10.9 Å². The molecule has 3 heteroatoms. The van der Waals surface area contributed by atoms with E-state index in [-0.39, 0.29) is 5.56 Å². The van der Waals surface area contributed by atoms with Gasteiger partial charge < -0.3 is 0 Å². The van der Waals surface area contributed by atoms with Crippen LogP contribution in [0.5, 0.6) is 0 Å². The van der Waals surface area contributed by atoms with Crippen LogP contribution >= 0.6 is 0 Å². The highest BCUT2D eigenvalue weighted by Crippen LogP contribution is 2.19. The second-order valence-electron chi connectivity index (χ2n) is 2.86. The van der Waals surface area contributed by atoms with Crippen molar-refractivity contribution in [2.45, 2.75) is 20.8 Å². The number of aromatic nitrogens is 1. The van der Waals surface area contributed by atoms with Crippen LogP contribution in [0.1, 0.15) is 19.4 Å². The molecule has 0 aliphatic carbocycles. The van der Waals surface area contributed by atoms with Crippen molar-refractivity contribution in [3.63, 3.8) is 0 Å². The zero-order chi connectivity index (χ0) is 11.4. The summed E-state index contributed by atoms with van der Waals surface area (Å²) in [6, 6.07) is 6.57. The lowest BCUT2D eigenvalue weighted by Crippen LogP contribution is -1.94. The second-order valence-corrected chi connectivity index (χ2v) is 2.86. The molecule has 1 heterocycles. The molecular formula is C12H13F2N. The number of halogens is 2. The van der Waals surface area contributed by atoms with Crippen LogP contribution in [0, 0.1) is 18.7 Å². The Kier molecular flexibility index (Phi) is 3.72. The normalized spacial score (nSPS) is 9.67. The highest BCUT2D eigenvalue weighted by molar-refractivity contribution is 5.79. The largest absolute Gasteiger partial charge is 0.219 e. The number of hydrogen-bond donors (Lipinski definition) is 0. The van der Waals surface area contributed by atoms with Gasteiger partial charge >= 0.3 is 0 Å². The third-order valence-corrected chi connectivity index (χ3v) is 2.00. The summed E-state index contributed by atoms with van der Waals surface area (Å²) in [4.78, 5) is 3.63. The van der Waals surface area contributed by atoms with Gasteiger partial charge in [0.2, 0.25) is 5.95 Å². The minimum atomic E-state index is -0.740. The third kappa shape index (κ3) is 2.12. The lowest BCUT2D eigenvalue weighted by molar-refractivity contribution is 0.548. The first-order chi connectivity index (χ1) is 7.20. The van der Waals surface area contributed by atoms with E-state index >= 15 is 0 Å². The molecule has 0 amide bonds. The molecule has 0 atom stereocenters. The van der Waals surface area contributed by atoms with Crippen LogP contribution < -0.4 is 0 Å². The van der Waals surface area contributed by atoms with E-state index in [0.29, 0.717) is 10.9 Å². The molecule has 0 bridgehead atoms. The first-order valence-electron chi connectivity index (χ1n) is 4.90. The molecule has 0 aliphatic rings. The Morgan fingerprint density at radius 2 is 1.67 bits per heavy atom. The van der Waals surface area contributed by atoms with E-state index < -0.39 is 11.8 Å². The van der Waals surface area contributed by atoms with Crippen LogP contribution in [0.4, 0.5) is 8.78 Å². The van der Waals surface area contributed by atoms with E-state index in [2.05, 4.69) is 4.98 Å². The average Bonchev–Trinajstić information content (AvgIpc) is 2.29. The van der Waals surface area contributed by atoms with Crippen molar-refractivity contribution in [2.75, 3.05) is 0 Å². The molecule has 1 aromatic heterocycles. The van der Waals surface area contributed by atoms with E-state index in [4.69, 9.17) is 0 Å². The number of para-hydroxylation sites is 1. The molecule has 0 aliphatic heterocycles. The Balaban J connectivity index is 0.000000531.